The van der Waals surface area contributed by atoms with Crippen molar-refractivity contribution in [2.75, 3.05) is 0 Å². The van der Waals surface area contributed by atoms with Gasteiger partial charge >= 0.3 is 12.1 Å². The first-order chi connectivity index (χ1) is 9.71. The van der Waals surface area contributed by atoms with E-state index in [1.165, 1.54) is 0 Å². The maximum Gasteiger partial charge on any atom is 0.434 e. The van der Waals surface area contributed by atoms with Crippen molar-refractivity contribution in [1.29, 1.82) is 0 Å². The van der Waals surface area contributed by atoms with Crippen LogP contribution in [0, 0.1) is 5.82 Å². The Bertz CT molecular complexity index is 899. The molecule has 0 atom stereocenters. The Morgan fingerprint density at radius 3 is 2.62 bits per heavy atom. The number of hydrogen-bond acceptors (Lipinski definition) is 3. The molecule has 0 amide bonds. The van der Waals surface area contributed by atoms with Crippen molar-refractivity contribution in [3.63, 3.8) is 0 Å². The molecule has 2 aromatic heterocycles. The SMILES string of the molecule is O=C(O)c1nc2sc3c(Cl)c(F)ccc3n2c1C(F)(F)F. The molecule has 10 heteroatoms. The molecule has 0 aliphatic rings. The predicted octanol–water partition coefficient (Wildman–Crippen LogP) is 4.06. The lowest BCUT2D eigenvalue weighted by Crippen LogP contribution is -2.14. The molecule has 0 fully saturated rings. The molecule has 0 spiro atoms. The average Bonchev–Trinajstić information content (AvgIpc) is 2.88. The molecule has 0 radical (unpaired) electrons. The predicted molar refractivity (Wildman–Crippen MR) is 67.5 cm³/mol. The Labute approximate surface area is 122 Å². The minimum atomic E-state index is -4.93. The van der Waals surface area contributed by atoms with Gasteiger partial charge in [-0.1, -0.05) is 22.9 Å². The Hall–Kier alpha value is -1.87. The number of alkyl halides is 3. The van der Waals surface area contributed by atoms with Crippen LogP contribution in [0.15, 0.2) is 12.1 Å². The number of fused-ring (bicyclic) bond motifs is 3. The van der Waals surface area contributed by atoms with Crippen molar-refractivity contribution < 1.29 is 27.5 Å². The number of rotatable bonds is 1. The number of thiazole rings is 1. The highest BCUT2D eigenvalue weighted by Crippen LogP contribution is 2.40. The third-order valence-corrected chi connectivity index (χ3v) is 4.34. The Morgan fingerprint density at radius 2 is 2.05 bits per heavy atom. The lowest BCUT2D eigenvalue weighted by atomic mass is 10.3. The average molecular weight is 339 g/mol. The summed E-state index contributed by atoms with van der Waals surface area (Å²) >= 11 is 6.41. The smallest absolute Gasteiger partial charge is 0.434 e. The molecule has 0 unspecified atom stereocenters. The van der Waals surface area contributed by atoms with Gasteiger partial charge in [0.25, 0.3) is 0 Å². The fourth-order valence-electron chi connectivity index (χ4n) is 1.99. The highest BCUT2D eigenvalue weighted by atomic mass is 35.5. The summed E-state index contributed by atoms with van der Waals surface area (Å²) < 4.78 is 53.5. The van der Waals surface area contributed by atoms with E-state index in [9.17, 15) is 22.4 Å². The van der Waals surface area contributed by atoms with Crippen molar-refractivity contribution in [2.45, 2.75) is 6.18 Å². The van der Waals surface area contributed by atoms with Gasteiger partial charge in [0.1, 0.15) is 5.82 Å². The summed E-state index contributed by atoms with van der Waals surface area (Å²) in [7, 11) is 0. The zero-order valence-electron chi connectivity index (χ0n) is 9.70. The molecule has 1 aromatic carbocycles. The van der Waals surface area contributed by atoms with Gasteiger partial charge in [-0.05, 0) is 12.1 Å². The number of aromatic nitrogens is 2. The van der Waals surface area contributed by atoms with Crippen molar-refractivity contribution in [2.24, 2.45) is 0 Å². The summed E-state index contributed by atoms with van der Waals surface area (Å²) in [4.78, 5) is 14.2. The summed E-state index contributed by atoms with van der Waals surface area (Å²) in [5, 5.41) is 8.54. The molecule has 0 saturated heterocycles. The Kier molecular flexibility index (Phi) is 2.89. The number of halogens is 5. The van der Waals surface area contributed by atoms with E-state index >= 15 is 0 Å². The van der Waals surface area contributed by atoms with E-state index < -0.39 is 29.4 Å². The normalized spacial score (nSPS) is 12.4. The number of hydrogen-bond donors (Lipinski definition) is 1. The Morgan fingerprint density at radius 1 is 1.38 bits per heavy atom. The first-order valence-electron chi connectivity index (χ1n) is 5.31. The van der Waals surface area contributed by atoms with Gasteiger partial charge in [-0.3, -0.25) is 4.40 Å². The van der Waals surface area contributed by atoms with Crippen LogP contribution in [0.3, 0.4) is 0 Å². The number of benzene rings is 1. The first-order valence-corrected chi connectivity index (χ1v) is 6.50. The number of aromatic carboxylic acids is 1. The zero-order chi connectivity index (χ0) is 15.5. The third-order valence-electron chi connectivity index (χ3n) is 2.78. The second kappa shape index (κ2) is 4.31. The van der Waals surface area contributed by atoms with E-state index in [1.54, 1.807) is 0 Å². The molecule has 4 nitrogen and oxygen atoms in total. The summed E-state index contributed by atoms with van der Waals surface area (Å²) in [5.74, 6) is -2.57. The number of carbonyl (C=O) groups is 1. The monoisotopic (exact) mass is 338 g/mol. The van der Waals surface area contributed by atoms with E-state index in [4.69, 9.17) is 16.7 Å². The standard InChI is InChI=1S/C11H3ClF4N2O2S/c12-5-3(13)1-2-4-7(5)21-10-17-6(9(19)20)8(18(4)10)11(14,15)16/h1-2H,(H,19,20). The maximum absolute atomic E-state index is 13.4. The number of carboxylic acids is 1. The fourth-order valence-corrected chi connectivity index (χ4v) is 3.32. The molecule has 3 aromatic rings. The number of nitrogens with zero attached hydrogens (tertiary/aromatic N) is 2. The quantitative estimate of drug-likeness (QED) is 0.681. The maximum atomic E-state index is 13.4. The lowest BCUT2D eigenvalue weighted by molar-refractivity contribution is -0.142. The Balaban J connectivity index is 2.53. The van der Waals surface area contributed by atoms with E-state index in [0.29, 0.717) is 15.7 Å². The summed E-state index contributed by atoms with van der Waals surface area (Å²) in [6, 6.07) is 2.01. The van der Waals surface area contributed by atoms with Crippen molar-refractivity contribution in [3.05, 3.63) is 34.4 Å². The molecule has 2 heterocycles. The van der Waals surface area contributed by atoms with Crippen LogP contribution in [-0.2, 0) is 6.18 Å². The van der Waals surface area contributed by atoms with Crippen LogP contribution in [0.25, 0.3) is 15.2 Å². The summed E-state index contributed by atoms with van der Waals surface area (Å²) in [5.41, 5.74) is -2.57. The first kappa shape index (κ1) is 14.1. The molecule has 0 aliphatic carbocycles. The molecule has 0 bridgehead atoms. The van der Waals surface area contributed by atoms with Crippen LogP contribution in [0.2, 0.25) is 5.02 Å². The van der Waals surface area contributed by atoms with Gasteiger partial charge in [-0.2, -0.15) is 13.2 Å². The minimum Gasteiger partial charge on any atom is -0.476 e. The van der Waals surface area contributed by atoms with Gasteiger partial charge in [-0.15, -0.1) is 0 Å². The highest BCUT2D eigenvalue weighted by molar-refractivity contribution is 7.24. The minimum absolute atomic E-state index is 0.0475. The molecule has 110 valence electrons. The second-order valence-electron chi connectivity index (χ2n) is 4.04. The largest absolute Gasteiger partial charge is 0.476 e. The third kappa shape index (κ3) is 1.95. The molecular weight excluding hydrogens is 336 g/mol. The molecule has 1 N–H and O–H groups in total. The van der Waals surface area contributed by atoms with E-state index in [-0.39, 0.29) is 20.2 Å². The van der Waals surface area contributed by atoms with Crippen molar-refractivity contribution in [1.82, 2.24) is 9.38 Å². The molecule has 3 rings (SSSR count). The summed E-state index contributed by atoms with van der Waals surface area (Å²) in [6.07, 6.45) is -4.93. The van der Waals surface area contributed by atoms with Crippen molar-refractivity contribution in [3.8, 4) is 0 Å². The fraction of sp³-hybridized carbons (Fsp3) is 0.0909. The van der Waals surface area contributed by atoms with E-state index in [1.807, 2.05) is 0 Å². The van der Waals surface area contributed by atoms with Gasteiger partial charge < -0.3 is 5.11 Å². The lowest BCUT2D eigenvalue weighted by Gasteiger charge is -2.07. The van der Waals surface area contributed by atoms with E-state index in [0.717, 1.165) is 12.1 Å². The molecule has 0 saturated carbocycles. The van der Waals surface area contributed by atoms with Crippen LogP contribution in [0.5, 0.6) is 0 Å². The number of carboxylic acid groups (broad SMARTS) is 1. The van der Waals surface area contributed by atoms with Crippen molar-refractivity contribution >= 4 is 44.1 Å². The number of imidazole rings is 1. The molecular formula is C11H3ClF4N2O2S. The van der Waals surface area contributed by atoms with Gasteiger partial charge in [0.05, 0.1) is 15.2 Å². The van der Waals surface area contributed by atoms with Crippen LogP contribution in [0.1, 0.15) is 16.2 Å². The second-order valence-corrected chi connectivity index (χ2v) is 5.40. The topological polar surface area (TPSA) is 54.6 Å². The van der Waals surface area contributed by atoms with Crippen LogP contribution >= 0.6 is 22.9 Å². The van der Waals surface area contributed by atoms with Crippen LogP contribution in [-0.4, -0.2) is 20.5 Å². The van der Waals surface area contributed by atoms with Gasteiger partial charge in [0.15, 0.2) is 16.3 Å². The van der Waals surface area contributed by atoms with E-state index in [2.05, 4.69) is 4.98 Å². The van der Waals surface area contributed by atoms with Crippen LogP contribution in [0.4, 0.5) is 17.6 Å². The molecule has 21 heavy (non-hydrogen) atoms. The van der Waals surface area contributed by atoms with Crippen LogP contribution < -0.4 is 0 Å². The summed E-state index contributed by atoms with van der Waals surface area (Å²) in [6.45, 7) is 0. The highest BCUT2D eigenvalue weighted by Gasteiger charge is 2.41. The van der Waals surface area contributed by atoms with Gasteiger partial charge in [-0.25, -0.2) is 14.2 Å². The van der Waals surface area contributed by atoms with Gasteiger partial charge in [0, 0.05) is 0 Å². The molecule has 0 aliphatic heterocycles. The van der Waals surface area contributed by atoms with Gasteiger partial charge in [0.2, 0.25) is 0 Å². The zero-order valence-corrected chi connectivity index (χ0v) is 11.3.